The van der Waals surface area contributed by atoms with E-state index < -0.39 is 12.1 Å². The van der Waals surface area contributed by atoms with Crippen molar-refractivity contribution in [2.24, 2.45) is 0 Å². The van der Waals surface area contributed by atoms with Crippen LogP contribution in [-0.2, 0) is 0 Å². The van der Waals surface area contributed by atoms with Crippen molar-refractivity contribution >= 4 is 28.9 Å². The number of pyridine rings is 1. The monoisotopic (exact) mass is 308 g/mol. The van der Waals surface area contributed by atoms with E-state index >= 15 is 0 Å². The molecule has 0 unspecified atom stereocenters. The summed E-state index contributed by atoms with van der Waals surface area (Å²) in [7, 11) is 0. The first kappa shape index (κ1) is 11.0. The van der Waals surface area contributed by atoms with E-state index in [2.05, 4.69) is 4.98 Å². The lowest BCUT2D eigenvalue weighted by atomic mass is 10.2. The first-order valence-corrected chi connectivity index (χ1v) is 4.52. The number of carbonyl (C=O) groups is 1. The highest BCUT2D eigenvalue weighted by molar-refractivity contribution is 14.1. The average molecular weight is 308 g/mol. The van der Waals surface area contributed by atoms with Gasteiger partial charge in [0.05, 0.1) is 5.56 Å². The maximum Gasteiger partial charge on any atom is 0.281 e. The number of nitrogens with zero attached hydrogens (tertiary/aromatic N) is 2. The molecule has 0 amide bonds. The quantitative estimate of drug-likeness (QED) is 0.622. The maximum absolute atomic E-state index is 12.4. The second-order valence-corrected chi connectivity index (χ2v) is 3.48. The van der Waals surface area contributed by atoms with Crippen LogP contribution in [0.5, 0.6) is 0 Å². The Hall–Kier alpha value is -1.10. The van der Waals surface area contributed by atoms with Gasteiger partial charge in [-0.1, -0.05) is 0 Å². The summed E-state index contributed by atoms with van der Waals surface area (Å²) in [6.07, 6.45) is -2.48. The van der Waals surface area contributed by atoms with Gasteiger partial charge < -0.3 is 0 Å². The number of alkyl halides is 2. The van der Waals surface area contributed by atoms with Crippen LogP contribution in [0.2, 0.25) is 0 Å². The summed E-state index contributed by atoms with van der Waals surface area (Å²) < 4.78 is 25.1. The molecule has 0 N–H and O–H groups in total. The van der Waals surface area contributed by atoms with Crippen molar-refractivity contribution in [3.8, 4) is 6.07 Å². The number of aromatic nitrogens is 1. The van der Waals surface area contributed by atoms with Crippen molar-refractivity contribution in [1.29, 1.82) is 5.26 Å². The van der Waals surface area contributed by atoms with E-state index in [0.717, 1.165) is 0 Å². The minimum atomic E-state index is -2.85. The Morgan fingerprint density at radius 2 is 2.29 bits per heavy atom. The Bertz CT molecular complexity index is 415. The van der Waals surface area contributed by atoms with Gasteiger partial charge in [0.15, 0.2) is 6.29 Å². The summed E-state index contributed by atoms with van der Waals surface area (Å²) in [6, 6.07) is 2.92. The van der Waals surface area contributed by atoms with Crippen molar-refractivity contribution in [2.75, 3.05) is 0 Å². The van der Waals surface area contributed by atoms with E-state index in [0.29, 0.717) is 9.86 Å². The van der Waals surface area contributed by atoms with E-state index in [9.17, 15) is 13.6 Å². The smallest absolute Gasteiger partial charge is 0.281 e. The Labute approximate surface area is 91.9 Å². The number of halogens is 3. The molecule has 0 aliphatic rings. The lowest BCUT2D eigenvalue weighted by Gasteiger charge is -2.04. The summed E-state index contributed by atoms with van der Waals surface area (Å²) in [6.45, 7) is 0. The predicted octanol–water partition coefficient (Wildman–Crippen LogP) is 2.31. The van der Waals surface area contributed by atoms with E-state index in [-0.39, 0.29) is 11.3 Å². The van der Waals surface area contributed by atoms with Gasteiger partial charge in [0.1, 0.15) is 17.5 Å². The molecular formula is C8H3F2IN2O. The van der Waals surface area contributed by atoms with Gasteiger partial charge in [-0.2, -0.15) is 5.26 Å². The molecule has 0 aromatic carbocycles. The number of hydrogen-bond donors (Lipinski definition) is 0. The molecule has 0 radical (unpaired) electrons. The molecule has 0 saturated heterocycles. The highest BCUT2D eigenvalue weighted by atomic mass is 127. The zero-order valence-electron chi connectivity index (χ0n) is 6.67. The minimum absolute atomic E-state index is 0.0938. The number of carbonyl (C=O) groups excluding carboxylic acids is 1. The van der Waals surface area contributed by atoms with Crippen molar-refractivity contribution in [1.82, 2.24) is 4.98 Å². The number of rotatable bonds is 2. The summed E-state index contributed by atoms with van der Waals surface area (Å²) in [5.74, 6) is 0. The molecule has 0 aliphatic carbocycles. The fourth-order valence-electron chi connectivity index (χ4n) is 0.881. The molecule has 1 aromatic rings. The molecule has 0 atom stereocenters. The summed E-state index contributed by atoms with van der Waals surface area (Å²) in [4.78, 5) is 13.7. The third-order valence-electron chi connectivity index (χ3n) is 1.46. The Morgan fingerprint density at radius 1 is 1.64 bits per heavy atom. The first-order chi connectivity index (χ1) is 6.60. The highest BCUT2D eigenvalue weighted by Crippen LogP contribution is 2.24. The third-order valence-corrected chi connectivity index (χ3v) is 2.31. The summed E-state index contributed by atoms with van der Waals surface area (Å²) in [5, 5.41) is 8.60. The molecule has 1 rings (SSSR count). The van der Waals surface area contributed by atoms with Crippen LogP contribution in [0.15, 0.2) is 6.07 Å². The van der Waals surface area contributed by atoms with Crippen molar-refractivity contribution < 1.29 is 13.6 Å². The first-order valence-electron chi connectivity index (χ1n) is 3.44. The summed E-state index contributed by atoms with van der Waals surface area (Å²) in [5.41, 5.74) is -0.906. The van der Waals surface area contributed by atoms with Gasteiger partial charge in [0, 0.05) is 3.57 Å². The largest absolute Gasteiger partial charge is 0.296 e. The third kappa shape index (κ3) is 2.04. The Kier molecular flexibility index (Phi) is 3.46. The van der Waals surface area contributed by atoms with Crippen LogP contribution in [0.25, 0.3) is 0 Å². The predicted molar refractivity (Wildman–Crippen MR) is 52.0 cm³/mol. The molecule has 0 saturated carbocycles. The van der Waals surface area contributed by atoms with Crippen molar-refractivity contribution in [3.63, 3.8) is 0 Å². The fraction of sp³-hybridized carbons (Fsp3) is 0.125. The van der Waals surface area contributed by atoms with Crippen LogP contribution in [-0.4, -0.2) is 11.3 Å². The lowest BCUT2D eigenvalue weighted by molar-refractivity contribution is 0.111. The molecule has 0 bridgehead atoms. The summed E-state index contributed by atoms with van der Waals surface area (Å²) >= 11 is 1.71. The van der Waals surface area contributed by atoms with Crippen LogP contribution < -0.4 is 0 Å². The number of nitriles is 1. The van der Waals surface area contributed by atoms with Gasteiger partial charge in [-0.05, 0) is 28.7 Å². The van der Waals surface area contributed by atoms with Crippen LogP contribution >= 0.6 is 22.6 Å². The normalized spacial score (nSPS) is 9.93. The van der Waals surface area contributed by atoms with Gasteiger partial charge in [0.2, 0.25) is 0 Å². The molecule has 0 fully saturated rings. The van der Waals surface area contributed by atoms with E-state index in [1.54, 1.807) is 28.7 Å². The lowest BCUT2D eigenvalue weighted by Crippen LogP contribution is -2.01. The van der Waals surface area contributed by atoms with E-state index in [4.69, 9.17) is 5.26 Å². The van der Waals surface area contributed by atoms with Crippen LogP contribution in [0.4, 0.5) is 8.78 Å². The molecular weight excluding hydrogens is 305 g/mol. The zero-order chi connectivity index (χ0) is 10.7. The zero-order valence-corrected chi connectivity index (χ0v) is 8.83. The Morgan fingerprint density at radius 3 is 2.71 bits per heavy atom. The number of aldehydes is 1. The van der Waals surface area contributed by atoms with Gasteiger partial charge in [-0.25, -0.2) is 13.8 Å². The van der Waals surface area contributed by atoms with E-state index in [1.165, 1.54) is 6.07 Å². The fourth-order valence-corrected chi connectivity index (χ4v) is 1.60. The SMILES string of the molecule is N#Cc1c(I)cc(C=O)nc1C(F)F. The minimum Gasteiger partial charge on any atom is -0.296 e. The van der Waals surface area contributed by atoms with Gasteiger partial charge >= 0.3 is 0 Å². The Balaban J connectivity index is 3.45. The van der Waals surface area contributed by atoms with Gasteiger partial charge in [0.25, 0.3) is 6.43 Å². The molecule has 6 heteroatoms. The molecule has 14 heavy (non-hydrogen) atoms. The van der Waals surface area contributed by atoms with Crippen LogP contribution in [0.1, 0.15) is 28.2 Å². The average Bonchev–Trinajstić information content (AvgIpc) is 2.16. The van der Waals surface area contributed by atoms with Crippen molar-refractivity contribution in [2.45, 2.75) is 6.43 Å². The molecule has 3 nitrogen and oxygen atoms in total. The number of hydrogen-bond acceptors (Lipinski definition) is 3. The van der Waals surface area contributed by atoms with Gasteiger partial charge in [-0.3, -0.25) is 4.79 Å². The van der Waals surface area contributed by atoms with Crippen LogP contribution in [0, 0.1) is 14.9 Å². The van der Waals surface area contributed by atoms with Crippen LogP contribution in [0.3, 0.4) is 0 Å². The topological polar surface area (TPSA) is 53.8 Å². The molecule has 0 spiro atoms. The standard InChI is InChI=1S/C8H3F2IN2O/c9-8(10)7-5(2-12)6(11)1-4(3-14)13-7/h1,3,8H. The molecule has 0 aliphatic heterocycles. The van der Waals surface area contributed by atoms with E-state index in [1.807, 2.05) is 0 Å². The maximum atomic E-state index is 12.4. The van der Waals surface area contributed by atoms with Gasteiger partial charge in [-0.15, -0.1) is 0 Å². The molecule has 72 valence electrons. The second-order valence-electron chi connectivity index (χ2n) is 2.32. The molecule has 1 heterocycles. The highest BCUT2D eigenvalue weighted by Gasteiger charge is 2.18. The van der Waals surface area contributed by atoms with Crippen molar-refractivity contribution in [3.05, 3.63) is 26.6 Å². The second kappa shape index (κ2) is 4.41. The molecule has 1 aromatic heterocycles.